The normalized spacial score (nSPS) is 42.5. The quantitative estimate of drug-likeness (QED) is 0.255. The van der Waals surface area contributed by atoms with Crippen molar-refractivity contribution in [2.75, 3.05) is 6.61 Å². The van der Waals surface area contributed by atoms with E-state index in [-0.39, 0.29) is 0 Å². The Balaban J connectivity index is 2.70. The van der Waals surface area contributed by atoms with Gasteiger partial charge in [0.2, 0.25) is 0 Å². The smallest absolute Gasteiger partial charge is 0.338 e. The van der Waals surface area contributed by atoms with E-state index in [2.05, 4.69) is 4.74 Å². The first kappa shape index (κ1) is 9.40. The van der Waals surface area contributed by atoms with Gasteiger partial charge in [0.1, 0.15) is 12.2 Å². The molecule has 0 aromatic rings. The maximum atomic E-state index is 10.7. The van der Waals surface area contributed by atoms with Crippen LogP contribution in [0.2, 0.25) is 0 Å². The largest absolute Gasteiger partial charge is 0.455 e. The van der Waals surface area contributed by atoms with Gasteiger partial charge in [-0.2, -0.15) is 0 Å². The molecule has 70 valence electrons. The summed E-state index contributed by atoms with van der Waals surface area (Å²) in [6, 6.07) is 0. The van der Waals surface area contributed by atoms with Gasteiger partial charge in [0.15, 0.2) is 12.2 Å². The third-order valence-electron chi connectivity index (χ3n) is 1.74. The van der Waals surface area contributed by atoms with Gasteiger partial charge in [-0.05, 0) is 0 Å². The number of carbonyl (C=O) groups excluding carboxylic acids is 1. The minimum absolute atomic E-state index is 0.587. The van der Waals surface area contributed by atoms with E-state index in [1.165, 1.54) is 0 Å². The van der Waals surface area contributed by atoms with Gasteiger partial charge in [0, 0.05) is 0 Å². The second-order valence-electron chi connectivity index (χ2n) is 2.58. The molecule has 0 aromatic carbocycles. The summed E-state index contributed by atoms with van der Waals surface area (Å²) in [5, 5.41) is 35.5. The summed E-state index contributed by atoms with van der Waals surface area (Å²) < 4.78 is 4.38. The summed E-state index contributed by atoms with van der Waals surface area (Å²) in [6.07, 6.45) is -5.93. The zero-order valence-corrected chi connectivity index (χ0v) is 6.12. The Kier molecular flexibility index (Phi) is 2.63. The lowest BCUT2D eigenvalue weighted by molar-refractivity contribution is -0.206. The SMILES string of the molecule is O=[13C]1O[13CH]([13CH2]O)[13CH](O)[13CH](O)[13CH]1O. The van der Waals surface area contributed by atoms with Gasteiger partial charge in [-0.1, -0.05) is 0 Å². The summed E-state index contributed by atoms with van der Waals surface area (Å²) in [4.78, 5) is 10.7. The van der Waals surface area contributed by atoms with Crippen LogP contribution >= 0.6 is 0 Å². The van der Waals surface area contributed by atoms with Gasteiger partial charge in [0.25, 0.3) is 0 Å². The Morgan fingerprint density at radius 3 is 2.33 bits per heavy atom. The number of hydrogen-bond donors (Lipinski definition) is 4. The number of aliphatic hydroxyl groups excluding tert-OH is 4. The lowest BCUT2D eigenvalue weighted by atomic mass is 11.0. The molecule has 0 bridgehead atoms. The molecule has 1 aliphatic heterocycles. The minimum atomic E-state index is -1.73. The van der Waals surface area contributed by atoms with Gasteiger partial charge in [0.05, 0.1) is 6.61 Å². The maximum Gasteiger partial charge on any atom is 0.338 e. The van der Waals surface area contributed by atoms with Crippen molar-refractivity contribution < 1.29 is 30.0 Å². The number of rotatable bonds is 1. The fraction of sp³-hybridized carbons (Fsp3) is 0.833. The van der Waals surface area contributed by atoms with E-state index in [4.69, 9.17) is 20.4 Å². The molecule has 0 spiro atoms. The van der Waals surface area contributed by atoms with Crippen LogP contribution in [-0.2, 0) is 9.53 Å². The van der Waals surface area contributed by atoms with E-state index in [0.29, 0.717) is 0 Å². The molecule has 1 aliphatic rings. The van der Waals surface area contributed by atoms with E-state index in [1.807, 2.05) is 0 Å². The molecule has 0 radical (unpaired) electrons. The molecule has 0 aromatic heterocycles. The number of ether oxygens (including phenoxy) is 1. The average molecular weight is 184 g/mol. The molecule has 0 aliphatic carbocycles. The third kappa shape index (κ3) is 1.42. The van der Waals surface area contributed by atoms with Crippen molar-refractivity contribution in [1.82, 2.24) is 0 Å². The second-order valence-corrected chi connectivity index (χ2v) is 2.58. The molecule has 0 saturated carbocycles. The number of carbonyl (C=O) groups is 1. The predicted octanol–water partition coefficient (Wildman–Crippen LogP) is -3.01. The zero-order chi connectivity index (χ0) is 9.30. The van der Waals surface area contributed by atoms with Gasteiger partial charge in [-0.3, -0.25) is 0 Å². The highest BCUT2D eigenvalue weighted by atomic mass is 16.8. The summed E-state index contributed by atoms with van der Waals surface area (Å²) in [7, 11) is 0. The number of aliphatic hydroxyl groups is 4. The van der Waals surface area contributed by atoms with Crippen molar-refractivity contribution in [1.29, 1.82) is 0 Å². The molecule has 1 fully saturated rings. The van der Waals surface area contributed by atoms with Crippen LogP contribution in [0.3, 0.4) is 0 Å². The molecule has 4 unspecified atom stereocenters. The van der Waals surface area contributed by atoms with Crippen LogP contribution in [0.5, 0.6) is 0 Å². The summed E-state index contributed by atoms with van der Waals surface area (Å²) in [5.74, 6) is -1.04. The van der Waals surface area contributed by atoms with Crippen LogP contribution in [0.25, 0.3) is 0 Å². The van der Waals surface area contributed by atoms with Crippen LogP contribution in [0.15, 0.2) is 0 Å². The lowest BCUT2D eigenvalue weighted by Crippen LogP contribution is -2.56. The van der Waals surface area contributed by atoms with E-state index >= 15 is 0 Å². The van der Waals surface area contributed by atoms with E-state index in [1.54, 1.807) is 0 Å². The van der Waals surface area contributed by atoms with Gasteiger partial charge >= 0.3 is 5.97 Å². The molecule has 6 heteroatoms. The molecule has 6 nitrogen and oxygen atoms in total. The highest BCUT2D eigenvalue weighted by Gasteiger charge is 2.43. The predicted molar refractivity (Wildman–Crippen MR) is 35.0 cm³/mol. The fourth-order valence-electron chi connectivity index (χ4n) is 0.980. The Morgan fingerprint density at radius 1 is 1.25 bits per heavy atom. The van der Waals surface area contributed by atoms with Gasteiger partial charge in [-0.25, -0.2) is 4.79 Å². The van der Waals surface area contributed by atoms with E-state index < -0.39 is 37.0 Å². The summed E-state index contributed by atoms with van der Waals surface area (Å²) in [5.41, 5.74) is 0. The van der Waals surface area contributed by atoms with Crippen LogP contribution in [-0.4, -0.2) is 57.4 Å². The van der Waals surface area contributed by atoms with Crippen molar-refractivity contribution in [3.05, 3.63) is 0 Å². The number of cyclic esters (lactones) is 1. The van der Waals surface area contributed by atoms with Gasteiger partial charge < -0.3 is 25.2 Å². The molecule has 4 atom stereocenters. The second kappa shape index (κ2) is 3.36. The number of esters is 1. The van der Waals surface area contributed by atoms with Crippen molar-refractivity contribution >= 4 is 5.97 Å². The summed E-state index contributed by atoms with van der Waals surface area (Å²) >= 11 is 0. The van der Waals surface area contributed by atoms with Crippen molar-refractivity contribution in [3.8, 4) is 0 Å². The molecular formula is C6H10O6. The first-order valence-corrected chi connectivity index (χ1v) is 3.43. The van der Waals surface area contributed by atoms with Crippen molar-refractivity contribution in [2.45, 2.75) is 24.4 Å². The van der Waals surface area contributed by atoms with Crippen LogP contribution < -0.4 is 0 Å². The van der Waals surface area contributed by atoms with Crippen molar-refractivity contribution in [3.63, 3.8) is 0 Å². The van der Waals surface area contributed by atoms with Crippen LogP contribution in [0.1, 0.15) is 0 Å². The highest BCUT2D eigenvalue weighted by molar-refractivity contribution is 5.76. The standard InChI is InChI=1S/C6H10O6/c7-1-2-3(8)4(9)5(10)6(11)12-2/h2-5,7-10H,1H2/i1+1,2+1,3+1,4+1,5+1,6+1. The molecular weight excluding hydrogens is 174 g/mol. The van der Waals surface area contributed by atoms with Gasteiger partial charge in [-0.15, -0.1) is 0 Å². The third-order valence-corrected chi connectivity index (χ3v) is 1.74. The molecule has 1 heterocycles. The topological polar surface area (TPSA) is 107 Å². The monoisotopic (exact) mass is 184 g/mol. The summed E-state index contributed by atoms with van der Waals surface area (Å²) in [6.45, 7) is -0.587. The Hall–Kier alpha value is -0.690. The van der Waals surface area contributed by atoms with E-state index in [0.717, 1.165) is 0 Å². The van der Waals surface area contributed by atoms with Crippen molar-refractivity contribution in [2.24, 2.45) is 0 Å². The first-order valence-electron chi connectivity index (χ1n) is 3.43. The average Bonchev–Trinajstić information content (AvgIpc) is 2.08. The molecule has 1 saturated heterocycles. The zero-order valence-electron chi connectivity index (χ0n) is 6.12. The Morgan fingerprint density at radius 2 is 1.83 bits per heavy atom. The highest BCUT2D eigenvalue weighted by Crippen LogP contribution is 2.15. The van der Waals surface area contributed by atoms with Crippen LogP contribution in [0, 0.1) is 0 Å². The minimum Gasteiger partial charge on any atom is -0.455 e. The Labute approximate surface area is 68.0 Å². The van der Waals surface area contributed by atoms with Crippen LogP contribution in [0.4, 0.5) is 0 Å². The molecule has 0 amide bonds. The first-order chi connectivity index (χ1) is 5.57. The Bertz CT molecular complexity index is 179. The number of hydrogen-bond acceptors (Lipinski definition) is 6. The van der Waals surface area contributed by atoms with E-state index in [9.17, 15) is 4.79 Å². The molecule has 12 heavy (non-hydrogen) atoms. The fourth-order valence-corrected chi connectivity index (χ4v) is 0.980. The maximum absolute atomic E-state index is 10.7. The lowest BCUT2D eigenvalue weighted by Gasteiger charge is -2.32. The molecule has 1 rings (SSSR count). The molecule has 4 N–H and O–H groups in total.